The van der Waals surface area contributed by atoms with Gasteiger partial charge in [0.1, 0.15) is 5.82 Å². The van der Waals surface area contributed by atoms with Gasteiger partial charge in [0.15, 0.2) is 5.82 Å². The first-order chi connectivity index (χ1) is 8.56. The number of carboxylic acid groups (broad SMARTS) is 1. The van der Waals surface area contributed by atoms with Crippen LogP contribution in [0.4, 0.5) is 0 Å². The van der Waals surface area contributed by atoms with Crippen LogP contribution in [0.25, 0.3) is 10.7 Å². The topological polar surface area (TPSA) is 68.0 Å². The molecular weight excluding hydrogens is 250 g/mol. The van der Waals surface area contributed by atoms with Gasteiger partial charge >= 0.3 is 5.97 Å². The maximum Gasteiger partial charge on any atom is 0.303 e. The van der Waals surface area contributed by atoms with E-state index in [4.69, 9.17) is 5.11 Å². The van der Waals surface area contributed by atoms with E-state index in [1.807, 2.05) is 31.5 Å². The summed E-state index contributed by atoms with van der Waals surface area (Å²) in [7, 11) is 1.84. The second-order valence-electron chi connectivity index (χ2n) is 4.36. The van der Waals surface area contributed by atoms with E-state index in [9.17, 15) is 4.79 Å². The van der Waals surface area contributed by atoms with Crippen LogP contribution >= 0.6 is 11.3 Å². The molecule has 1 N–H and O–H groups in total. The predicted octanol–water partition coefficient (Wildman–Crippen LogP) is 2.20. The van der Waals surface area contributed by atoms with Gasteiger partial charge in [-0.05, 0) is 17.4 Å². The summed E-state index contributed by atoms with van der Waals surface area (Å²) < 4.78 is 1.73. The summed E-state index contributed by atoms with van der Waals surface area (Å²) in [4.78, 5) is 16.1. The van der Waals surface area contributed by atoms with Gasteiger partial charge in [0.05, 0.1) is 4.88 Å². The zero-order chi connectivity index (χ0) is 13.1. The Labute approximate surface area is 109 Å². The van der Waals surface area contributed by atoms with Crippen molar-refractivity contribution >= 4 is 17.3 Å². The minimum atomic E-state index is -0.775. The third-order valence-electron chi connectivity index (χ3n) is 2.65. The third kappa shape index (κ3) is 2.95. The van der Waals surface area contributed by atoms with Crippen molar-refractivity contribution in [1.29, 1.82) is 0 Å². The van der Waals surface area contributed by atoms with Crippen LogP contribution in [0.1, 0.15) is 19.2 Å². The molecule has 0 aliphatic heterocycles. The second kappa shape index (κ2) is 5.30. The standard InChI is InChI=1S/C12H15N3O2S/c1-8(7-11(16)17)6-10-13-12(14-15(10)2)9-4-3-5-18-9/h3-5,8H,6-7H2,1-2H3,(H,16,17). The molecule has 0 aliphatic rings. The molecule has 0 fully saturated rings. The second-order valence-corrected chi connectivity index (χ2v) is 5.31. The number of hydrogen-bond acceptors (Lipinski definition) is 4. The molecule has 0 spiro atoms. The number of aromatic nitrogens is 3. The van der Waals surface area contributed by atoms with E-state index < -0.39 is 5.97 Å². The molecule has 2 heterocycles. The molecule has 1 unspecified atom stereocenters. The van der Waals surface area contributed by atoms with Gasteiger partial charge in [0.25, 0.3) is 0 Å². The van der Waals surface area contributed by atoms with Crippen molar-refractivity contribution in [3.05, 3.63) is 23.3 Å². The fourth-order valence-corrected chi connectivity index (χ4v) is 2.44. The van der Waals surface area contributed by atoms with E-state index in [0.717, 1.165) is 10.7 Å². The van der Waals surface area contributed by atoms with E-state index in [1.165, 1.54) is 0 Å². The van der Waals surface area contributed by atoms with E-state index in [0.29, 0.717) is 12.2 Å². The predicted molar refractivity (Wildman–Crippen MR) is 69.4 cm³/mol. The number of carbonyl (C=O) groups is 1. The summed E-state index contributed by atoms with van der Waals surface area (Å²) in [5.74, 6) is 0.821. The van der Waals surface area contributed by atoms with Crippen LogP contribution in [-0.4, -0.2) is 25.8 Å². The molecular formula is C12H15N3O2S. The first-order valence-corrected chi connectivity index (χ1v) is 6.60. The first kappa shape index (κ1) is 12.8. The Bertz CT molecular complexity index is 534. The maximum atomic E-state index is 10.6. The summed E-state index contributed by atoms with van der Waals surface area (Å²) in [5.41, 5.74) is 0. The third-order valence-corrected chi connectivity index (χ3v) is 3.51. The van der Waals surface area contributed by atoms with Crippen molar-refractivity contribution in [1.82, 2.24) is 14.8 Å². The highest BCUT2D eigenvalue weighted by Crippen LogP contribution is 2.22. The summed E-state index contributed by atoms with van der Waals surface area (Å²) in [5, 5.41) is 15.1. The van der Waals surface area contributed by atoms with Crippen LogP contribution in [0.2, 0.25) is 0 Å². The van der Waals surface area contributed by atoms with Crippen LogP contribution < -0.4 is 0 Å². The lowest BCUT2D eigenvalue weighted by atomic mass is 10.0. The summed E-state index contributed by atoms with van der Waals surface area (Å²) in [6, 6.07) is 3.94. The van der Waals surface area contributed by atoms with Gasteiger partial charge in [-0.15, -0.1) is 11.3 Å². The number of nitrogens with zero attached hydrogens (tertiary/aromatic N) is 3. The fourth-order valence-electron chi connectivity index (χ4n) is 1.79. The summed E-state index contributed by atoms with van der Waals surface area (Å²) in [6.07, 6.45) is 0.780. The first-order valence-electron chi connectivity index (χ1n) is 5.72. The van der Waals surface area contributed by atoms with Crippen molar-refractivity contribution in [3.8, 4) is 10.7 Å². The van der Waals surface area contributed by atoms with Gasteiger partial charge in [-0.2, -0.15) is 5.10 Å². The Balaban J connectivity index is 2.12. The van der Waals surface area contributed by atoms with Gasteiger partial charge in [0.2, 0.25) is 0 Å². The minimum Gasteiger partial charge on any atom is -0.481 e. The van der Waals surface area contributed by atoms with E-state index in [2.05, 4.69) is 10.1 Å². The Hall–Kier alpha value is -1.69. The SMILES string of the molecule is CC(CC(=O)O)Cc1nc(-c2cccs2)nn1C. The van der Waals surface area contributed by atoms with Crippen molar-refractivity contribution < 1.29 is 9.90 Å². The maximum absolute atomic E-state index is 10.6. The van der Waals surface area contributed by atoms with Crippen molar-refractivity contribution in [3.63, 3.8) is 0 Å². The largest absolute Gasteiger partial charge is 0.481 e. The number of hydrogen-bond donors (Lipinski definition) is 1. The van der Waals surface area contributed by atoms with Crippen LogP contribution in [0, 0.1) is 5.92 Å². The molecule has 6 heteroatoms. The van der Waals surface area contributed by atoms with Gasteiger partial charge in [-0.25, -0.2) is 4.98 Å². The van der Waals surface area contributed by atoms with Gasteiger partial charge in [0, 0.05) is 19.9 Å². The van der Waals surface area contributed by atoms with Crippen molar-refractivity contribution in [2.75, 3.05) is 0 Å². The molecule has 2 aromatic rings. The molecule has 2 aromatic heterocycles. The van der Waals surface area contributed by atoms with Crippen LogP contribution in [0.3, 0.4) is 0 Å². The molecule has 0 aromatic carbocycles. The molecule has 1 atom stereocenters. The Morgan fingerprint density at radius 2 is 2.39 bits per heavy atom. The zero-order valence-corrected chi connectivity index (χ0v) is 11.1. The average molecular weight is 265 g/mol. The molecule has 0 aliphatic carbocycles. The number of aryl methyl sites for hydroxylation is 1. The molecule has 2 rings (SSSR count). The van der Waals surface area contributed by atoms with Gasteiger partial charge in [-0.3, -0.25) is 9.48 Å². The average Bonchev–Trinajstić information content (AvgIpc) is 2.87. The van der Waals surface area contributed by atoms with Crippen LogP contribution in [0.15, 0.2) is 17.5 Å². The van der Waals surface area contributed by atoms with E-state index in [-0.39, 0.29) is 12.3 Å². The Morgan fingerprint density at radius 3 is 3.00 bits per heavy atom. The smallest absolute Gasteiger partial charge is 0.303 e. The Morgan fingerprint density at radius 1 is 1.61 bits per heavy atom. The normalized spacial score (nSPS) is 12.6. The number of rotatable bonds is 5. The van der Waals surface area contributed by atoms with Crippen LogP contribution in [-0.2, 0) is 18.3 Å². The number of aliphatic carboxylic acids is 1. The highest BCUT2D eigenvalue weighted by molar-refractivity contribution is 7.13. The van der Waals surface area contributed by atoms with Gasteiger partial charge < -0.3 is 5.11 Å². The Kier molecular flexibility index (Phi) is 3.76. The molecule has 96 valence electrons. The van der Waals surface area contributed by atoms with Crippen LogP contribution in [0.5, 0.6) is 0 Å². The van der Waals surface area contributed by atoms with Gasteiger partial charge in [-0.1, -0.05) is 13.0 Å². The number of thiophene rings is 1. The lowest BCUT2D eigenvalue weighted by Crippen LogP contribution is -2.10. The lowest BCUT2D eigenvalue weighted by molar-refractivity contribution is -0.137. The van der Waals surface area contributed by atoms with Crippen molar-refractivity contribution in [2.45, 2.75) is 19.8 Å². The van der Waals surface area contributed by atoms with E-state index in [1.54, 1.807) is 16.0 Å². The minimum absolute atomic E-state index is 0.0570. The molecule has 0 saturated heterocycles. The molecule has 5 nitrogen and oxygen atoms in total. The zero-order valence-electron chi connectivity index (χ0n) is 10.3. The molecule has 0 bridgehead atoms. The molecule has 0 saturated carbocycles. The van der Waals surface area contributed by atoms with E-state index >= 15 is 0 Å². The molecule has 0 radical (unpaired) electrons. The highest BCUT2D eigenvalue weighted by atomic mass is 32.1. The van der Waals surface area contributed by atoms with Crippen molar-refractivity contribution in [2.24, 2.45) is 13.0 Å². The summed E-state index contributed by atoms with van der Waals surface area (Å²) in [6.45, 7) is 1.91. The molecule has 18 heavy (non-hydrogen) atoms. The molecule has 0 amide bonds. The fraction of sp³-hybridized carbons (Fsp3) is 0.417. The quantitative estimate of drug-likeness (QED) is 0.899. The summed E-state index contributed by atoms with van der Waals surface area (Å²) >= 11 is 1.60. The monoisotopic (exact) mass is 265 g/mol. The highest BCUT2D eigenvalue weighted by Gasteiger charge is 2.14. The number of carboxylic acids is 1. The lowest BCUT2D eigenvalue weighted by Gasteiger charge is -2.06.